The van der Waals surface area contributed by atoms with Gasteiger partial charge in [-0.2, -0.15) is 0 Å². The van der Waals surface area contributed by atoms with Gasteiger partial charge in [-0.05, 0) is 98.9 Å². The van der Waals surface area contributed by atoms with Crippen molar-refractivity contribution < 1.29 is 69.1 Å². The summed E-state index contributed by atoms with van der Waals surface area (Å²) in [7, 11) is 0. The highest BCUT2D eigenvalue weighted by molar-refractivity contribution is 5.97. The number of aliphatic hydroxyl groups is 7. The zero-order chi connectivity index (χ0) is 39.4. The second-order valence-electron chi connectivity index (χ2n) is 17.4. The van der Waals surface area contributed by atoms with E-state index in [1.54, 1.807) is 13.0 Å². The number of carbonyl (C=O) groups excluding carboxylic acids is 3. The molecule has 17 atom stereocenters. The zero-order valence-corrected chi connectivity index (χ0v) is 32.0. The number of hydrogen-bond donors (Lipinski definition) is 7. The summed E-state index contributed by atoms with van der Waals surface area (Å²) in [6.45, 7) is 9.25. The predicted molar refractivity (Wildman–Crippen MR) is 190 cm³/mol. The minimum Gasteiger partial charge on any atom is -0.429 e. The molecule has 0 spiro atoms. The van der Waals surface area contributed by atoms with Crippen molar-refractivity contribution in [3.05, 3.63) is 22.8 Å². The number of esters is 1. The first-order valence-corrected chi connectivity index (χ1v) is 19.7. The number of fused-ring (bicyclic) bond motifs is 5. The second-order valence-corrected chi connectivity index (χ2v) is 17.4. The van der Waals surface area contributed by atoms with Crippen molar-refractivity contribution in [1.82, 2.24) is 0 Å². The molecule has 6 rings (SSSR count). The number of allylic oxidation sites excluding steroid dienone is 2. The molecule has 14 heteroatoms. The van der Waals surface area contributed by atoms with E-state index in [0.29, 0.717) is 36.9 Å². The molecular formula is C40H60O14. The third-order valence-electron chi connectivity index (χ3n) is 14.7. The van der Waals surface area contributed by atoms with Gasteiger partial charge in [0, 0.05) is 24.3 Å². The van der Waals surface area contributed by atoms with Gasteiger partial charge in [-0.3, -0.25) is 9.59 Å². The molecule has 0 aromatic heterocycles. The van der Waals surface area contributed by atoms with Gasteiger partial charge in [-0.15, -0.1) is 0 Å². The Morgan fingerprint density at radius 3 is 2.22 bits per heavy atom. The Balaban J connectivity index is 1.03. The van der Waals surface area contributed by atoms with E-state index in [9.17, 15) is 50.1 Å². The first kappa shape index (κ1) is 41.5. The molecule has 5 fully saturated rings. The lowest BCUT2D eigenvalue weighted by Gasteiger charge is -2.59. The van der Waals surface area contributed by atoms with Crippen LogP contribution in [0.5, 0.6) is 0 Å². The highest BCUT2D eigenvalue weighted by Gasteiger charge is 2.66. The third kappa shape index (κ3) is 7.18. The maximum absolute atomic E-state index is 14.0. The number of hydrogen-bond acceptors (Lipinski definition) is 14. The lowest BCUT2D eigenvalue weighted by atomic mass is 9.44. The molecule has 4 aliphatic carbocycles. The summed E-state index contributed by atoms with van der Waals surface area (Å²) in [5.74, 6) is 0.915. The summed E-state index contributed by atoms with van der Waals surface area (Å²) < 4.78 is 21.8. The molecule has 2 aliphatic heterocycles. The lowest BCUT2D eigenvalue weighted by molar-refractivity contribution is -0.326. The summed E-state index contributed by atoms with van der Waals surface area (Å²) in [5, 5.41) is 71.3. The number of carbonyl (C=O) groups is 3. The van der Waals surface area contributed by atoms with Crippen LogP contribution in [0.4, 0.5) is 0 Å². The van der Waals surface area contributed by atoms with Crippen molar-refractivity contribution in [2.75, 3.05) is 13.2 Å². The van der Waals surface area contributed by atoms with Crippen LogP contribution in [0, 0.1) is 40.4 Å². The van der Waals surface area contributed by atoms with E-state index in [-0.39, 0.29) is 39.9 Å². The minimum absolute atomic E-state index is 0.00168. The van der Waals surface area contributed by atoms with E-state index in [1.165, 1.54) is 5.57 Å². The zero-order valence-electron chi connectivity index (χ0n) is 32.0. The summed E-state index contributed by atoms with van der Waals surface area (Å²) in [6.07, 6.45) is -7.10. The van der Waals surface area contributed by atoms with E-state index in [4.69, 9.17) is 18.9 Å². The molecule has 0 radical (unpaired) electrons. The van der Waals surface area contributed by atoms with Crippen molar-refractivity contribution in [2.24, 2.45) is 40.4 Å². The average molecular weight is 765 g/mol. The fraction of sp³-hybridized carbons (Fsp3) is 0.825. The quantitative estimate of drug-likeness (QED) is 0.123. The van der Waals surface area contributed by atoms with E-state index in [1.807, 2.05) is 6.92 Å². The summed E-state index contributed by atoms with van der Waals surface area (Å²) in [5.41, 5.74) is 2.27. The van der Waals surface area contributed by atoms with Gasteiger partial charge in [0.15, 0.2) is 12.1 Å². The monoisotopic (exact) mass is 764 g/mol. The van der Waals surface area contributed by atoms with Crippen molar-refractivity contribution >= 4 is 17.5 Å². The summed E-state index contributed by atoms with van der Waals surface area (Å²) in [6, 6.07) is 0. The molecule has 304 valence electrons. The van der Waals surface area contributed by atoms with Gasteiger partial charge in [0.1, 0.15) is 54.6 Å². The van der Waals surface area contributed by atoms with Gasteiger partial charge in [-0.1, -0.05) is 32.4 Å². The van der Waals surface area contributed by atoms with Crippen LogP contribution in [-0.2, 0) is 33.3 Å². The first-order valence-electron chi connectivity index (χ1n) is 19.7. The number of ether oxygens (including phenoxy) is 4. The smallest absolute Gasteiger partial charge is 0.335 e. The molecule has 54 heavy (non-hydrogen) atoms. The predicted octanol–water partition coefficient (Wildman–Crippen LogP) is 1.23. The van der Waals surface area contributed by atoms with Gasteiger partial charge >= 0.3 is 5.97 Å². The van der Waals surface area contributed by atoms with E-state index >= 15 is 0 Å². The average Bonchev–Trinajstić information content (AvgIpc) is 3.42. The van der Waals surface area contributed by atoms with Crippen molar-refractivity contribution in [1.29, 1.82) is 0 Å². The molecule has 7 N–H and O–H groups in total. The molecule has 0 unspecified atom stereocenters. The molecule has 6 aliphatic rings. The normalized spacial score (nSPS) is 46.1. The van der Waals surface area contributed by atoms with Crippen LogP contribution < -0.4 is 0 Å². The molecule has 2 heterocycles. The Bertz CT molecular complexity index is 1490. The standard InChI is InChI=1S/C40H60O14/c1-18(23-13-14-39(4)24-11-9-21-20(3)25(42)12-10-22(21)29(24)26(43)15-40(23,39)5)7-6-8-19(2)36(50)54-38-35(49)33(47)31(45)28(53-38)17-51-37-34(48)32(46)30(44)27(16-41)52-37/h8,18,22-24,27-35,37-38,41,44-49H,6-7,9-17H2,1-5H3/b19-8+/t18-,22-,23-,24-,27-,28-,29+,30-,31-,32+,33+,34-,35-,37-,38+,39+,40-/m1/s1. The van der Waals surface area contributed by atoms with E-state index in [2.05, 4.69) is 20.8 Å². The van der Waals surface area contributed by atoms with Gasteiger partial charge in [0.25, 0.3) is 0 Å². The first-order chi connectivity index (χ1) is 25.4. The highest BCUT2D eigenvalue weighted by atomic mass is 16.7. The molecule has 0 aromatic carbocycles. The number of rotatable bonds is 10. The van der Waals surface area contributed by atoms with Crippen LogP contribution in [0.15, 0.2) is 22.8 Å². The van der Waals surface area contributed by atoms with Crippen LogP contribution in [0.3, 0.4) is 0 Å². The lowest BCUT2D eigenvalue weighted by Crippen LogP contribution is -2.61. The SMILES string of the molecule is CC1=C2CC[C@@H]3[C@@H](C(=O)C[C@]4(C)[C@@H]([C@H](C)CC/C=C(\C)C(=O)O[C@@H]5O[C@H](CO[C@@H]6O[C@H](CO)[C@@H](O)[C@H](O)[C@H]6O)[C@@H](O)[C@H](O)[C@H]5O)CC[C@@]34C)[C@@H]2CCC1=O. The molecule has 0 bridgehead atoms. The second kappa shape index (κ2) is 16.0. The fourth-order valence-electron chi connectivity index (χ4n) is 11.2. The molecule has 0 amide bonds. The Kier molecular flexibility index (Phi) is 12.3. The molecular weight excluding hydrogens is 704 g/mol. The summed E-state index contributed by atoms with van der Waals surface area (Å²) >= 11 is 0. The fourth-order valence-corrected chi connectivity index (χ4v) is 11.2. The van der Waals surface area contributed by atoms with Crippen molar-refractivity contribution in [3.8, 4) is 0 Å². The Morgan fingerprint density at radius 1 is 0.889 bits per heavy atom. The van der Waals surface area contributed by atoms with Gasteiger partial charge in [0.05, 0.1) is 13.2 Å². The maximum Gasteiger partial charge on any atom is 0.335 e. The molecule has 3 saturated carbocycles. The van der Waals surface area contributed by atoms with Gasteiger partial charge in [0.2, 0.25) is 6.29 Å². The molecule has 14 nitrogen and oxygen atoms in total. The Labute approximate surface area is 316 Å². The van der Waals surface area contributed by atoms with Crippen LogP contribution in [-0.4, -0.2) is 128 Å². The summed E-state index contributed by atoms with van der Waals surface area (Å²) in [4.78, 5) is 39.6. The Morgan fingerprint density at radius 2 is 1.54 bits per heavy atom. The van der Waals surface area contributed by atoms with Crippen LogP contribution in [0.1, 0.15) is 92.4 Å². The highest BCUT2D eigenvalue weighted by Crippen LogP contribution is 2.70. The van der Waals surface area contributed by atoms with Crippen LogP contribution >= 0.6 is 0 Å². The molecule has 2 saturated heterocycles. The Hall–Kier alpha value is -2.11. The van der Waals surface area contributed by atoms with Crippen molar-refractivity contribution in [2.45, 2.75) is 154 Å². The van der Waals surface area contributed by atoms with Gasteiger partial charge < -0.3 is 54.7 Å². The minimum atomic E-state index is -1.79. The van der Waals surface area contributed by atoms with Crippen LogP contribution in [0.2, 0.25) is 0 Å². The third-order valence-corrected chi connectivity index (χ3v) is 14.7. The largest absolute Gasteiger partial charge is 0.429 e. The van der Waals surface area contributed by atoms with Crippen LogP contribution in [0.25, 0.3) is 0 Å². The van der Waals surface area contributed by atoms with E-state index in [0.717, 1.165) is 44.1 Å². The molecule has 0 aromatic rings. The number of aliphatic hydroxyl groups excluding tert-OH is 7. The van der Waals surface area contributed by atoms with Crippen molar-refractivity contribution in [3.63, 3.8) is 0 Å². The van der Waals surface area contributed by atoms with E-state index < -0.39 is 80.6 Å². The maximum atomic E-state index is 14.0. The van der Waals surface area contributed by atoms with Gasteiger partial charge in [-0.25, -0.2) is 4.79 Å². The number of Topliss-reactive ketones (excluding diaryl/α,β-unsaturated/α-hetero) is 2. The number of ketones is 2. The topological polar surface area (TPSA) is 230 Å².